The molecule has 0 unspecified atom stereocenters. The third-order valence-corrected chi connectivity index (χ3v) is 30.7. The van der Waals surface area contributed by atoms with Gasteiger partial charge in [-0.15, -0.1) is 0 Å². The van der Waals surface area contributed by atoms with Crippen molar-refractivity contribution in [1.29, 1.82) is 0 Å². The number of aromatic nitrogens is 9. The highest BCUT2D eigenvalue weighted by molar-refractivity contribution is 6.20. The van der Waals surface area contributed by atoms with Crippen LogP contribution in [0.5, 0.6) is 0 Å². The van der Waals surface area contributed by atoms with E-state index in [0.717, 1.165) is 39.8 Å². The van der Waals surface area contributed by atoms with Gasteiger partial charge < -0.3 is 41.1 Å². The lowest BCUT2D eigenvalue weighted by molar-refractivity contribution is 0.590. The summed E-state index contributed by atoms with van der Waals surface area (Å²) >= 11 is 0. The zero-order valence-corrected chi connectivity index (χ0v) is 80.9. The molecule has 0 radical (unpaired) electrons. The Morgan fingerprint density at radius 3 is 0.514 bits per heavy atom. The van der Waals surface area contributed by atoms with Crippen molar-refractivity contribution in [1.82, 2.24) is 41.1 Å². The van der Waals surface area contributed by atoms with Gasteiger partial charge in [0, 0.05) is 148 Å². The van der Waals surface area contributed by atoms with E-state index < -0.39 is 0 Å². The molecule has 9 heterocycles. The maximum atomic E-state index is 2.43. The van der Waals surface area contributed by atoms with E-state index in [2.05, 4.69) is 572 Å². The average molecular weight is 1870 g/mol. The van der Waals surface area contributed by atoms with Gasteiger partial charge in [-0.25, -0.2) is 0 Å². The fraction of sp³-hybridized carbons (Fsp3) is 0.0365. The summed E-state index contributed by atoms with van der Waals surface area (Å²) in [5.41, 5.74) is 37.3. The van der Waals surface area contributed by atoms with Crippen LogP contribution in [0.4, 0.5) is 0 Å². The molecular weight excluding hydrogens is 1770 g/mol. The molecule has 688 valence electrons. The number of rotatable bonds is 10. The first-order valence-electron chi connectivity index (χ1n) is 50.5. The highest BCUT2D eigenvalue weighted by atomic mass is 15.1. The molecule has 0 N–H and O–H groups in total. The summed E-state index contributed by atoms with van der Waals surface area (Å²) in [6, 6.07) is 184. The molecule has 0 fully saturated rings. The minimum atomic E-state index is 0.0911. The van der Waals surface area contributed by atoms with Crippen molar-refractivity contribution in [3.8, 4) is 62.3 Å². The molecule has 0 bridgehead atoms. The van der Waals surface area contributed by atoms with Crippen molar-refractivity contribution in [3.05, 3.63) is 515 Å². The third kappa shape index (κ3) is 13.1. The molecule has 9 aromatic heterocycles. The van der Waals surface area contributed by atoms with Gasteiger partial charge in [0.2, 0.25) is 0 Å². The largest absolute Gasteiger partial charge is 0.309 e. The van der Waals surface area contributed by atoms with E-state index >= 15 is 0 Å². The monoisotopic (exact) mass is 1870 g/mol. The maximum Gasteiger partial charge on any atom is 0.0542 e. The normalized spacial score (nSPS) is 12.1. The smallest absolute Gasteiger partial charge is 0.0542 e. The first kappa shape index (κ1) is 84.0. The Hall–Kier alpha value is -19.0. The molecule has 0 saturated heterocycles. The SMILES string of the molecule is CC(C)(C)c1ccc(-n2c3ccc(-n4c5ccccc5c5ccccc54)cc3c3cc(-n4c5ccccc5c5ccccc54)ccc32)cc1.Cc1cccc(-n2c3ccc(-n4c5ccccc5c5ccccc54)cc3c3cc(-n4c5ccccc5c5ccccc54)ccc32)c1.c1ccc(-c2cccc(-n3c4ccc(-n5c6ccccc6c6ccccc65)cc4c4cc(-n5c6ccccc6c6ccccc65)ccc43)c2)cc1. The molecule has 22 aromatic carbocycles. The van der Waals surface area contributed by atoms with Gasteiger partial charge in [0.25, 0.3) is 0 Å². The summed E-state index contributed by atoms with van der Waals surface area (Å²) in [5.74, 6) is 0. The lowest BCUT2D eigenvalue weighted by Crippen LogP contribution is -2.10. The standard InChI is InChI=1S/C48H31N3.C46H35N3.C43H29N3/c1-2-13-32(14-3-1)33-15-12-16-34(29-33)49-47-27-25-35(50-43-21-8-4-17-37(43)38-18-5-9-22-44(38)50)30-41(47)42-31-36(26-28-48(42)49)51-45-23-10-6-19-39(45)40-20-7-11-24-46(40)51;1-46(2,3)30-20-22-31(23-21-30)47-44-26-24-32(48-40-16-8-4-12-34(40)35-13-5-9-17-41(35)48)28-38(44)39-29-33(25-27-45(39)47)49-42-18-10-6-14-36(42)37-15-7-11-19-43(37)49;1-28-11-10-12-29(25-28)44-42-23-21-30(45-38-17-6-2-13-32(38)33-14-3-7-18-39(33)45)26-36(42)37-27-31(22-24-43(37)44)46-40-19-8-4-15-34(40)35-16-5-9-20-41(35)46/h1-31H;4-29H,1-3H3;2-27H,1H3. The van der Waals surface area contributed by atoms with Crippen molar-refractivity contribution in [2.24, 2.45) is 0 Å². The Balaban J connectivity index is 0.000000104. The summed E-state index contributed by atoms with van der Waals surface area (Å²) in [4.78, 5) is 0. The van der Waals surface area contributed by atoms with Crippen molar-refractivity contribution in [2.75, 3.05) is 0 Å². The topological polar surface area (TPSA) is 44.4 Å². The van der Waals surface area contributed by atoms with E-state index in [4.69, 9.17) is 0 Å². The Kier molecular flexibility index (Phi) is 19.0. The number of aryl methyl sites for hydroxylation is 1. The quantitative estimate of drug-likeness (QED) is 0.131. The highest BCUT2D eigenvalue weighted by Gasteiger charge is 2.27. The number of hydrogen-bond acceptors (Lipinski definition) is 0. The number of fused-ring (bicyclic) bond motifs is 27. The lowest BCUT2D eigenvalue weighted by Gasteiger charge is -2.19. The molecule has 0 aliphatic rings. The van der Waals surface area contributed by atoms with Gasteiger partial charge in [0.1, 0.15) is 0 Å². The Bertz CT molecular complexity index is 9970. The van der Waals surface area contributed by atoms with Crippen LogP contribution in [0, 0.1) is 6.92 Å². The molecule has 9 heteroatoms. The first-order valence-corrected chi connectivity index (χ1v) is 50.5. The second kappa shape index (κ2) is 33.1. The minimum Gasteiger partial charge on any atom is -0.309 e. The van der Waals surface area contributed by atoms with Crippen LogP contribution in [-0.2, 0) is 5.41 Å². The maximum absolute atomic E-state index is 2.43. The zero-order chi connectivity index (χ0) is 96.7. The second-order valence-electron chi connectivity index (χ2n) is 40.0. The fourth-order valence-corrected chi connectivity index (χ4v) is 24.2. The zero-order valence-electron chi connectivity index (χ0n) is 80.9. The van der Waals surface area contributed by atoms with Crippen LogP contribution in [-0.4, -0.2) is 41.1 Å². The van der Waals surface area contributed by atoms with Crippen LogP contribution >= 0.6 is 0 Å². The minimum absolute atomic E-state index is 0.0911. The molecule has 31 rings (SSSR count). The van der Waals surface area contributed by atoms with Crippen LogP contribution in [0.3, 0.4) is 0 Å². The Morgan fingerprint density at radius 2 is 0.295 bits per heavy atom. The summed E-state index contributed by atoms with van der Waals surface area (Å²) in [6.45, 7) is 8.98. The highest BCUT2D eigenvalue weighted by Crippen LogP contribution is 2.47. The molecule has 9 nitrogen and oxygen atoms in total. The second-order valence-corrected chi connectivity index (χ2v) is 40.0. The molecule has 31 aromatic rings. The summed E-state index contributed by atoms with van der Waals surface area (Å²) in [5, 5.41) is 22.6. The molecule has 0 amide bonds. The van der Waals surface area contributed by atoms with Gasteiger partial charge in [-0.2, -0.15) is 0 Å². The van der Waals surface area contributed by atoms with Gasteiger partial charge in [-0.3, -0.25) is 0 Å². The van der Waals surface area contributed by atoms with E-state index in [1.54, 1.807) is 0 Å². The van der Waals surface area contributed by atoms with Crippen LogP contribution < -0.4 is 0 Å². The number of nitrogens with zero attached hydrogens (tertiary/aromatic N) is 9. The van der Waals surface area contributed by atoms with Gasteiger partial charge in [-0.05, 0) is 253 Å². The van der Waals surface area contributed by atoms with E-state index in [0.29, 0.717) is 0 Å². The molecule has 146 heavy (non-hydrogen) atoms. The molecule has 0 saturated carbocycles. The fourth-order valence-electron chi connectivity index (χ4n) is 24.2. The average Bonchev–Trinajstić information content (AvgIpc) is 1.56. The van der Waals surface area contributed by atoms with Crippen molar-refractivity contribution in [3.63, 3.8) is 0 Å². The third-order valence-electron chi connectivity index (χ3n) is 30.7. The van der Waals surface area contributed by atoms with E-state index in [1.807, 2.05) is 0 Å². The van der Waals surface area contributed by atoms with Gasteiger partial charge >= 0.3 is 0 Å². The summed E-state index contributed by atoms with van der Waals surface area (Å²) in [6.07, 6.45) is 0. The van der Waals surface area contributed by atoms with Crippen molar-refractivity contribution in [2.45, 2.75) is 33.1 Å². The molecule has 0 atom stereocenters. The van der Waals surface area contributed by atoms with E-state index in [1.165, 1.54) is 230 Å². The molecule has 0 aliphatic carbocycles. The Labute approximate surface area is 841 Å². The van der Waals surface area contributed by atoms with Gasteiger partial charge in [-0.1, -0.05) is 306 Å². The predicted molar refractivity (Wildman–Crippen MR) is 617 cm³/mol. The molecular formula is C137H95N9. The molecule has 0 spiro atoms. The molecule has 0 aliphatic heterocycles. The van der Waals surface area contributed by atoms with Crippen molar-refractivity contribution >= 4 is 196 Å². The van der Waals surface area contributed by atoms with Gasteiger partial charge in [0.05, 0.1) is 99.3 Å². The first-order chi connectivity index (χ1) is 72.0. The lowest BCUT2D eigenvalue weighted by atomic mass is 9.87. The number of benzene rings is 22. The van der Waals surface area contributed by atoms with E-state index in [9.17, 15) is 0 Å². The summed E-state index contributed by atoms with van der Waals surface area (Å²) < 4.78 is 21.8. The number of para-hydroxylation sites is 12. The van der Waals surface area contributed by atoms with Gasteiger partial charge in [0.15, 0.2) is 0 Å². The number of hydrogen-bond donors (Lipinski definition) is 0. The van der Waals surface area contributed by atoms with Crippen molar-refractivity contribution < 1.29 is 0 Å². The van der Waals surface area contributed by atoms with Crippen LogP contribution in [0.2, 0.25) is 0 Å². The Morgan fingerprint density at radius 1 is 0.123 bits per heavy atom. The van der Waals surface area contributed by atoms with Crippen LogP contribution in [0.15, 0.2) is 504 Å². The van der Waals surface area contributed by atoms with Crippen LogP contribution in [0.1, 0.15) is 31.9 Å². The van der Waals surface area contributed by atoms with E-state index in [-0.39, 0.29) is 5.41 Å². The predicted octanol–water partition coefficient (Wildman–Crippen LogP) is 36.2. The van der Waals surface area contributed by atoms with Crippen LogP contribution in [0.25, 0.3) is 259 Å². The summed E-state index contributed by atoms with van der Waals surface area (Å²) in [7, 11) is 0.